The van der Waals surface area contributed by atoms with Gasteiger partial charge in [-0.3, -0.25) is 0 Å². The first-order chi connectivity index (χ1) is 8.91. The molecule has 1 heterocycles. The normalized spacial score (nSPS) is 17.4. The zero-order chi connectivity index (χ0) is 14.0. The molecule has 4 nitrogen and oxygen atoms in total. The molecule has 0 radical (unpaired) electrons. The van der Waals surface area contributed by atoms with Crippen molar-refractivity contribution in [1.82, 2.24) is 0 Å². The SMILES string of the molecule is COc1ccc(/C=C2\C(=O)ON=C2C(C)(C)C)cc1. The number of nitrogens with zero attached hydrogens (tertiary/aromatic N) is 1. The molecule has 0 saturated heterocycles. The van der Waals surface area contributed by atoms with Gasteiger partial charge in [-0.1, -0.05) is 38.1 Å². The van der Waals surface area contributed by atoms with Gasteiger partial charge >= 0.3 is 5.97 Å². The summed E-state index contributed by atoms with van der Waals surface area (Å²) in [5.41, 5.74) is 1.86. The molecule has 4 heteroatoms. The smallest absolute Gasteiger partial charge is 0.367 e. The Labute approximate surface area is 112 Å². The van der Waals surface area contributed by atoms with Gasteiger partial charge in [0.1, 0.15) is 11.5 Å². The molecule has 0 amide bonds. The van der Waals surface area contributed by atoms with Crippen molar-refractivity contribution in [3.05, 3.63) is 35.4 Å². The van der Waals surface area contributed by atoms with Crippen LogP contribution in [0.2, 0.25) is 0 Å². The van der Waals surface area contributed by atoms with Crippen molar-refractivity contribution in [2.45, 2.75) is 20.8 Å². The minimum Gasteiger partial charge on any atom is -0.497 e. The van der Waals surface area contributed by atoms with Crippen LogP contribution in [0.25, 0.3) is 6.08 Å². The van der Waals surface area contributed by atoms with Gasteiger partial charge in [-0.25, -0.2) is 4.79 Å². The minimum atomic E-state index is -0.402. The lowest BCUT2D eigenvalue weighted by Crippen LogP contribution is -2.21. The number of ether oxygens (including phenoxy) is 1. The predicted octanol–water partition coefficient (Wildman–Crippen LogP) is 3.04. The number of hydrogen-bond acceptors (Lipinski definition) is 4. The standard InChI is InChI=1S/C15H17NO3/c1-15(2,3)13-12(14(17)19-16-13)9-10-5-7-11(18-4)8-6-10/h5-9H,1-4H3/b12-9-. The number of carbonyl (C=O) groups excluding carboxylic acids is 1. The quantitative estimate of drug-likeness (QED) is 0.606. The fourth-order valence-corrected chi connectivity index (χ4v) is 1.82. The van der Waals surface area contributed by atoms with Crippen molar-refractivity contribution in [3.63, 3.8) is 0 Å². The van der Waals surface area contributed by atoms with E-state index >= 15 is 0 Å². The first-order valence-electron chi connectivity index (χ1n) is 6.08. The van der Waals surface area contributed by atoms with Gasteiger partial charge in [-0.15, -0.1) is 0 Å². The fourth-order valence-electron chi connectivity index (χ4n) is 1.82. The second kappa shape index (κ2) is 4.88. The van der Waals surface area contributed by atoms with Crippen molar-refractivity contribution in [2.24, 2.45) is 10.6 Å². The molecule has 1 aliphatic heterocycles. The summed E-state index contributed by atoms with van der Waals surface area (Å²) < 4.78 is 5.10. The monoisotopic (exact) mass is 259 g/mol. The zero-order valence-electron chi connectivity index (χ0n) is 11.6. The third kappa shape index (κ3) is 2.84. The van der Waals surface area contributed by atoms with Crippen LogP contribution in [0.3, 0.4) is 0 Å². The van der Waals surface area contributed by atoms with Crippen LogP contribution in [0.1, 0.15) is 26.3 Å². The van der Waals surface area contributed by atoms with E-state index in [1.165, 1.54) is 0 Å². The highest BCUT2D eigenvalue weighted by molar-refractivity contribution is 6.26. The van der Waals surface area contributed by atoms with Crippen molar-refractivity contribution in [3.8, 4) is 5.75 Å². The summed E-state index contributed by atoms with van der Waals surface area (Å²) in [7, 11) is 1.62. The maximum atomic E-state index is 11.7. The molecule has 0 aliphatic carbocycles. The average Bonchev–Trinajstić information content (AvgIpc) is 2.72. The molecule has 100 valence electrons. The van der Waals surface area contributed by atoms with Crippen LogP contribution >= 0.6 is 0 Å². The Balaban J connectivity index is 2.35. The van der Waals surface area contributed by atoms with E-state index < -0.39 is 5.97 Å². The molecule has 0 fully saturated rings. The van der Waals surface area contributed by atoms with Crippen LogP contribution in [0, 0.1) is 5.41 Å². The molecule has 1 aliphatic rings. The third-order valence-corrected chi connectivity index (χ3v) is 2.83. The van der Waals surface area contributed by atoms with E-state index in [0.29, 0.717) is 11.3 Å². The largest absolute Gasteiger partial charge is 0.497 e. The minimum absolute atomic E-state index is 0.232. The Bertz CT molecular complexity index is 548. The molecule has 0 bridgehead atoms. The van der Waals surface area contributed by atoms with E-state index in [2.05, 4.69) is 5.16 Å². The van der Waals surface area contributed by atoms with Gasteiger partial charge in [0, 0.05) is 5.41 Å². The topological polar surface area (TPSA) is 47.9 Å². The van der Waals surface area contributed by atoms with Crippen LogP contribution in [-0.4, -0.2) is 18.8 Å². The third-order valence-electron chi connectivity index (χ3n) is 2.83. The fraction of sp³-hybridized carbons (Fsp3) is 0.333. The van der Waals surface area contributed by atoms with Crippen LogP contribution in [0.5, 0.6) is 5.75 Å². The van der Waals surface area contributed by atoms with Gasteiger partial charge in [-0.2, -0.15) is 0 Å². The molecule has 0 unspecified atom stereocenters. The first kappa shape index (κ1) is 13.3. The number of carbonyl (C=O) groups is 1. The molecule has 2 rings (SSSR count). The van der Waals surface area contributed by atoms with Gasteiger partial charge in [0.25, 0.3) is 0 Å². The van der Waals surface area contributed by atoms with E-state index in [1.54, 1.807) is 13.2 Å². The number of rotatable bonds is 2. The Kier molecular flexibility index (Phi) is 3.42. The number of benzene rings is 1. The van der Waals surface area contributed by atoms with E-state index in [-0.39, 0.29) is 5.41 Å². The van der Waals surface area contributed by atoms with E-state index in [1.807, 2.05) is 45.0 Å². The van der Waals surface area contributed by atoms with Crippen LogP contribution in [-0.2, 0) is 9.63 Å². The molecular weight excluding hydrogens is 242 g/mol. The Hall–Kier alpha value is -2.10. The maximum Gasteiger partial charge on any atom is 0.367 e. The van der Waals surface area contributed by atoms with Crippen LogP contribution in [0.4, 0.5) is 0 Å². The summed E-state index contributed by atoms with van der Waals surface area (Å²) in [6.45, 7) is 5.99. The van der Waals surface area contributed by atoms with Crippen molar-refractivity contribution >= 4 is 17.8 Å². The van der Waals surface area contributed by atoms with Crippen LogP contribution < -0.4 is 4.74 Å². The summed E-state index contributed by atoms with van der Waals surface area (Å²) in [5, 5.41) is 3.87. The Morgan fingerprint density at radius 3 is 2.37 bits per heavy atom. The number of oxime groups is 1. The second-order valence-corrected chi connectivity index (χ2v) is 5.40. The lowest BCUT2D eigenvalue weighted by Gasteiger charge is -2.16. The molecule has 0 N–H and O–H groups in total. The highest BCUT2D eigenvalue weighted by Gasteiger charge is 2.33. The molecule has 1 aromatic rings. The van der Waals surface area contributed by atoms with E-state index in [9.17, 15) is 4.79 Å². The molecule has 19 heavy (non-hydrogen) atoms. The van der Waals surface area contributed by atoms with Gasteiger partial charge in [0.15, 0.2) is 0 Å². The summed E-state index contributed by atoms with van der Waals surface area (Å²) in [5.74, 6) is 0.376. The lowest BCUT2D eigenvalue weighted by atomic mass is 9.85. The van der Waals surface area contributed by atoms with E-state index in [4.69, 9.17) is 9.57 Å². The number of hydrogen-bond donors (Lipinski definition) is 0. The lowest BCUT2D eigenvalue weighted by molar-refractivity contribution is -0.136. The maximum absolute atomic E-state index is 11.7. The highest BCUT2D eigenvalue weighted by atomic mass is 16.7. The Morgan fingerprint density at radius 2 is 1.84 bits per heavy atom. The Morgan fingerprint density at radius 1 is 1.21 bits per heavy atom. The van der Waals surface area contributed by atoms with Gasteiger partial charge < -0.3 is 9.57 Å². The first-order valence-corrected chi connectivity index (χ1v) is 6.08. The highest BCUT2D eigenvalue weighted by Crippen LogP contribution is 2.28. The van der Waals surface area contributed by atoms with Gasteiger partial charge in [-0.05, 0) is 23.8 Å². The molecule has 0 spiro atoms. The second-order valence-electron chi connectivity index (χ2n) is 5.40. The average molecular weight is 259 g/mol. The summed E-state index contributed by atoms with van der Waals surface area (Å²) >= 11 is 0. The van der Waals surface area contributed by atoms with Gasteiger partial charge in [0.05, 0.1) is 12.7 Å². The van der Waals surface area contributed by atoms with Crippen molar-refractivity contribution < 1.29 is 14.4 Å². The molecule has 0 atom stereocenters. The van der Waals surface area contributed by atoms with Crippen molar-refractivity contribution in [2.75, 3.05) is 7.11 Å². The molecule has 0 saturated carbocycles. The summed E-state index contributed by atoms with van der Waals surface area (Å²) in [4.78, 5) is 16.5. The zero-order valence-corrected chi connectivity index (χ0v) is 11.6. The molecule has 0 aromatic heterocycles. The van der Waals surface area contributed by atoms with Crippen molar-refractivity contribution in [1.29, 1.82) is 0 Å². The molecular formula is C15H17NO3. The predicted molar refractivity (Wildman–Crippen MR) is 74.0 cm³/mol. The van der Waals surface area contributed by atoms with Gasteiger partial charge in [0.2, 0.25) is 0 Å². The van der Waals surface area contributed by atoms with Crippen LogP contribution in [0.15, 0.2) is 35.0 Å². The number of methoxy groups -OCH3 is 1. The summed E-state index contributed by atoms with van der Waals surface area (Å²) in [6.07, 6.45) is 1.79. The molecule has 1 aromatic carbocycles. The summed E-state index contributed by atoms with van der Waals surface area (Å²) in [6, 6.07) is 7.47. The van der Waals surface area contributed by atoms with E-state index in [0.717, 1.165) is 11.3 Å².